The Kier molecular flexibility index (Phi) is 5.42. The fraction of sp³-hybridized carbons (Fsp3) is 0.294. The molecule has 0 saturated heterocycles. The van der Waals surface area contributed by atoms with Crippen LogP contribution in [0.25, 0.3) is 0 Å². The number of nitrogens with one attached hydrogen (secondary N) is 1. The van der Waals surface area contributed by atoms with Crippen LogP contribution in [0.4, 0.5) is 8.78 Å². The molecule has 0 bridgehead atoms. The number of ether oxygens (including phenoxy) is 1. The minimum Gasteiger partial charge on any atom is -0.384 e. The first-order chi connectivity index (χ1) is 10.2. The van der Waals surface area contributed by atoms with Gasteiger partial charge in [-0.25, -0.2) is 8.78 Å². The molecule has 1 unspecified atom stereocenters. The highest BCUT2D eigenvalue weighted by Crippen LogP contribution is 2.25. The fourth-order valence-electron chi connectivity index (χ4n) is 2.34. The zero-order valence-corrected chi connectivity index (χ0v) is 12.2. The molecule has 112 valence electrons. The molecule has 0 aromatic heterocycles. The molecule has 0 heterocycles. The van der Waals surface area contributed by atoms with Crippen molar-refractivity contribution in [2.45, 2.75) is 12.5 Å². The van der Waals surface area contributed by atoms with Gasteiger partial charge in [0.2, 0.25) is 0 Å². The maximum atomic E-state index is 13.9. The summed E-state index contributed by atoms with van der Waals surface area (Å²) < 4.78 is 32.4. The van der Waals surface area contributed by atoms with Crippen LogP contribution in [0.2, 0.25) is 0 Å². The van der Waals surface area contributed by atoms with E-state index in [9.17, 15) is 8.78 Å². The highest BCUT2D eigenvalue weighted by atomic mass is 19.2. The number of methoxy groups -OCH3 is 1. The molecule has 0 aliphatic heterocycles. The van der Waals surface area contributed by atoms with Gasteiger partial charge in [0.05, 0.1) is 12.6 Å². The Bertz CT molecular complexity index is 584. The van der Waals surface area contributed by atoms with Gasteiger partial charge in [-0.2, -0.15) is 0 Å². The van der Waals surface area contributed by atoms with Crippen molar-refractivity contribution >= 4 is 0 Å². The summed E-state index contributed by atoms with van der Waals surface area (Å²) in [6.07, 6.45) is 0.829. The van der Waals surface area contributed by atoms with Crippen LogP contribution in [0.3, 0.4) is 0 Å². The lowest BCUT2D eigenvalue weighted by molar-refractivity contribution is 0.202. The molecular weight excluding hydrogens is 272 g/mol. The summed E-state index contributed by atoms with van der Waals surface area (Å²) in [5, 5.41) is 3.03. The van der Waals surface area contributed by atoms with Gasteiger partial charge in [-0.05, 0) is 30.7 Å². The van der Waals surface area contributed by atoms with Crippen LogP contribution in [0.15, 0.2) is 42.5 Å². The van der Waals surface area contributed by atoms with Gasteiger partial charge in [0.1, 0.15) is 0 Å². The molecule has 1 N–H and O–H groups in total. The number of benzene rings is 2. The van der Waals surface area contributed by atoms with Crippen LogP contribution < -0.4 is 5.32 Å². The van der Waals surface area contributed by atoms with Gasteiger partial charge in [0.25, 0.3) is 0 Å². The minimum atomic E-state index is -0.829. The zero-order chi connectivity index (χ0) is 15.2. The lowest BCUT2D eigenvalue weighted by Crippen LogP contribution is -2.19. The summed E-state index contributed by atoms with van der Waals surface area (Å²) in [7, 11) is 3.39. The van der Waals surface area contributed by atoms with Gasteiger partial charge < -0.3 is 10.1 Å². The van der Waals surface area contributed by atoms with Crippen molar-refractivity contribution in [1.82, 2.24) is 5.32 Å². The van der Waals surface area contributed by atoms with E-state index < -0.39 is 11.6 Å². The molecule has 2 nitrogen and oxygen atoms in total. The molecule has 21 heavy (non-hydrogen) atoms. The first-order valence-corrected chi connectivity index (χ1v) is 6.86. The standard InChI is InChI=1S/C17H19F2NO/c1-20-17(14-4-3-5-15(18)16(14)19)13-8-6-12(7-9-13)10-11-21-2/h3-9,17,20H,10-11H2,1-2H3. The topological polar surface area (TPSA) is 21.3 Å². The third kappa shape index (κ3) is 3.65. The highest BCUT2D eigenvalue weighted by Gasteiger charge is 2.18. The first-order valence-electron chi connectivity index (χ1n) is 6.86. The van der Waals surface area contributed by atoms with Gasteiger partial charge in [0.15, 0.2) is 11.6 Å². The summed E-state index contributed by atoms with van der Waals surface area (Å²) in [6, 6.07) is 11.7. The smallest absolute Gasteiger partial charge is 0.163 e. The average molecular weight is 291 g/mol. The molecule has 1 atom stereocenters. The quantitative estimate of drug-likeness (QED) is 0.880. The highest BCUT2D eigenvalue weighted by molar-refractivity contribution is 5.34. The number of halogens is 2. The van der Waals surface area contributed by atoms with E-state index in [0.29, 0.717) is 12.2 Å². The maximum absolute atomic E-state index is 13.9. The van der Waals surface area contributed by atoms with Gasteiger partial charge in [-0.1, -0.05) is 36.4 Å². The summed E-state index contributed by atoms with van der Waals surface area (Å²) >= 11 is 0. The van der Waals surface area contributed by atoms with Crippen molar-refractivity contribution in [2.75, 3.05) is 20.8 Å². The van der Waals surface area contributed by atoms with E-state index in [4.69, 9.17) is 4.74 Å². The van der Waals surface area contributed by atoms with Crippen molar-refractivity contribution < 1.29 is 13.5 Å². The summed E-state index contributed by atoms with van der Waals surface area (Å²) in [4.78, 5) is 0. The van der Waals surface area contributed by atoms with Gasteiger partial charge in [0, 0.05) is 12.7 Å². The average Bonchev–Trinajstić information content (AvgIpc) is 2.51. The summed E-state index contributed by atoms with van der Waals surface area (Å²) in [5.74, 6) is -1.63. The molecule has 0 fully saturated rings. The van der Waals surface area contributed by atoms with Gasteiger partial charge in [-0.3, -0.25) is 0 Å². The Morgan fingerprint density at radius 2 is 1.81 bits per heavy atom. The van der Waals surface area contributed by atoms with E-state index >= 15 is 0 Å². The van der Waals surface area contributed by atoms with Crippen molar-refractivity contribution in [3.63, 3.8) is 0 Å². The molecule has 0 aliphatic carbocycles. The molecule has 0 saturated carbocycles. The van der Waals surface area contributed by atoms with E-state index in [1.54, 1.807) is 20.2 Å². The van der Waals surface area contributed by atoms with E-state index in [0.717, 1.165) is 23.6 Å². The van der Waals surface area contributed by atoms with Crippen molar-refractivity contribution in [2.24, 2.45) is 0 Å². The van der Waals surface area contributed by atoms with E-state index in [2.05, 4.69) is 5.32 Å². The van der Waals surface area contributed by atoms with Crippen molar-refractivity contribution in [3.8, 4) is 0 Å². The summed E-state index contributed by atoms with van der Waals surface area (Å²) in [6.45, 7) is 0.660. The molecule has 4 heteroatoms. The van der Waals surface area contributed by atoms with E-state index in [-0.39, 0.29) is 6.04 Å². The predicted molar refractivity (Wildman–Crippen MR) is 79.3 cm³/mol. The lowest BCUT2D eigenvalue weighted by Gasteiger charge is -2.18. The van der Waals surface area contributed by atoms with Crippen molar-refractivity contribution in [3.05, 3.63) is 70.8 Å². The van der Waals surface area contributed by atoms with Crippen LogP contribution in [0.5, 0.6) is 0 Å². The molecule has 0 spiro atoms. The SMILES string of the molecule is CNC(c1ccc(CCOC)cc1)c1cccc(F)c1F. The Morgan fingerprint density at radius 1 is 1.10 bits per heavy atom. The lowest BCUT2D eigenvalue weighted by atomic mass is 9.97. The van der Waals surface area contributed by atoms with E-state index in [1.165, 1.54) is 6.07 Å². The second-order valence-electron chi connectivity index (χ2n) is 4.85. The monoisotopic (exact) mass is 291 g/mol. The normalized spacial score (nSPS) is 12.4. The van der Waals surface area contributed by atoms with Crippen LogP contribution in [0, 0.1) is 11.6 Å². The third-order valence-corrected chi connectivity index (χ3v) is 3.49. The van der Waals surface area contributed by atoms with Gasteiger partial charge >= 0.3 is 0 Å². The number of hydrogen-bond donors (Lipinski definition) is 1. The second-order valence-corrected chi connectivity index (χ2v) is 4.85. The Morgan fingerprint density at radius 3 is 2.43 bits per heavy atom. The largest absolute Gasteiger partial charge is 0.384 e. The van der Waals surface area contributed by atoms with Crippen LogP contribution in [0.1, 0.15) is 22.7 Å². The van der Waals surface area contributed by atoms with E-state index in [1.807, 2.05) is 24.3 Å². The molecule has 2 rings (SSSR count). The Hall–Kier alpha value is -1.78. The first kappa shape index (κ1) is 15.6. The van der Waals surface area contributed by atoms with Crippen molar-refractivity contribution in [1.29, 1.82) is 0 Å². The second kappa shape index (κ2) is 7.29. The fourth-order valence-corrected chi connectivity index (χ4v) is 2.34. The van der Waals surface area contributed by atoms with Crippen LogP contribution in [-0.4, -0.2) is 20.8 Å². The van der Waals surface area contributed by atoms with Crippen LogP contribution in [-0.2, 0) is 11.2 Å². The maximum Gasteiger partial charge on any atom is 0.163 e. The molecule has 2 aromatic rings. The van der Waals surface area contributed by atoms with Crippen LogP contribution >= 0.6 is 0 Å². The molecule has 0 amide bonds. The molecule has 2 aromatic carbocycles. The van der Waals surface area contributed by atoms with Gasteiger partial charge in [-0.15, -0.1) is 0 Å². The molecule has 0 aliphatic rings. The predicted octanol–water partition coefficient (Wildman–Crippen LogP) is 3.46. The number of hydrogen-bond acceptors (Lipinski definition) is 2. The Balaban J connectivity index is 2.27. The molecular formula is C17H19F2NO. The summed E-state index contributed by atoms with van der Waals surface area (Å²) in [5.41, 5.74) is 2.35. The number of rotatable bonds is 6. The molecule has 0 radical (unpaired) electrons. The zero-order valence-electron chi connectivity index (χ0n) is 12.2. The third-order valence-electron chi connectivity index (χ3n) is 3.49. The Labute approximate surface area is 123 Å². The minimum absolute atomic E-state index is 0.308.